The van der Waals surface area contributed by atoms with Crippen molar-refractivity contribution in [3.63, 3.8) is 0 Å². The second-order valence-electron chi connectivity index (χ2n) is 9.41. The predicted molar refractivity (Wildman–Crippen MR) is 145 cm³/mol. The SMILES string of the molecule is O=C(NN=Cc1cn(Cc2ccccc2)c2ccccc12)[C@@H]1CC1(c1ccccc1)c1ccccc1. The molecule has 4 nitrogen and oxygen atoms in total. The molecule has 0 saturated heterocycles. The first-order chi connectivity index (χ1) is 17.8. The summed E-state index contributed by atoms with van der Waals surface area (Å²) in [4.78, 5) is 13.2. The molecule has 1 N–H and O–H groups in total. The Morgan fingerprint density at radius 1 is 0.833 bits per heavy atom. The standard InChI is InChI=1S/C32H27N3O/c36-31(29-20-32(29,26-14-6-2-7-15-26)27-16-8-3-9-17-27)34-33-21-25-23-35(22-24-12-4-1-5-13-24)30-19-11-10-18-28(25)30/h1-19,21,23,29H,20,22H2,(H,34,36)/t29-/m0/s1. The van der Waals surface area contributed by atoms with Crippen molar-refractivity contribution in [2.75, 3.05) is 0 Å². The number of carbonyl (C=O) groups excluding carboxylic acids is 1. The number of amides is 1. The van der Waals surface area contributed by atoms with Gasteiger partial charge in [0.2, 0.25) is 5.91 Å². The van der Waals surface area contributed by atoms with Crippen LogP contribution in [0.3, 0.4) is 0 Å². The quantitative estimate of drug-likeness (QED) is 0.226. The second-order valence-corrected chi connectivity index (χ2v) is 9.41. The fourth-order valence-corrected chi connectivity index (χ4v) is 5.39. The van der Waals surface area contributed by atoms with Gasteiger partial charge in [0.05, 0.1) is 12.1 Å². The molecule has 1 atom stereocenters. The molecule has 1 fully saturated rings. The Morgan fingerprint density at radius 3 is 2.08 bits per heavy atom. The molecule has 1 aliphatic carbocycles. The van der Waals surface area contributed by atoms with Gasteiger partial charge in [-0.1, -0.05) is 109 Å². The predicted octanol–water partition coefficient (Wildman–Crippen LogP) is 6.15. The van der Waals surface area contributed by atoms with E-state index in [4.69, 9.17) is 0 Å². The first-order valence-electron chi connectivity index (χ1n) is 12.3. The highest BCUT2D eigenvalue weighted by molar-refractivity contribution is 6.00. The maximum absolute atomic E-state index is 13.2. The Bertz CT molecular complexity index is 1480. The largest absolute Gasteiger partial charge is 0.342 e. The number of nitrogens with one attached hydrogen (secondary N) is 1. The first-order valence-corrected chi connectivity index (χ1v) is 12.3. The van der Waals surface area contributed by atoms with Gasteiger partial charge in [-0.2, -0.15) is 5.10 Å². The molecule has 0 spiro atoms. The van der Waals surface area contributed by atoms with Gasteiger partial charge >= 0.3 is 0 Å². The van der Waals surface area contributed by atoms with Crippen LogP contribution < -0.4 is 5.43 Å². The molecule has 0 aliphatic heterocycles. The zero-order chi connectivity index (χ0) is 24.4. The van der Waals surface area contributed by atoms with Crippen LogP contribution in [0.1, 0.15) is 28.7 Å². The minimum atomic E-state index is -0.298. The molecule has 4 aromatic carbocycles. The molecule has 176 valence electrons. The van der Waals surface area contributed by atoms with Crippen LogP contribution in [0.5, 0.6) is 0 Å². The molecule has 6 rings (SSSR count). The number of nitrogens with zero attached hydrogens (tertiary/aromatic N) is 2. The number of para-hydroxylation sites is 1. The summed E-state index contributed by atoms with van der Waals surface area (Å²) in [6.45, 7) is 0.778. The second kappa shape index (κ2) is 9.31. The molecule has 0 radical (unpaired) electrons. The van der Waals surface area contributed by atoms with Gasteiger partial charge in [0, 0.05) is 34.6 Å². The van der Waals surface area contributed by atoms with E-state index in [-0.39, 0.29) is 17.2 Å². The Labute approximate surface area is 210 Å². The van der Waals surface area contributed by atoms with E-state index < -0.39 is 0 Å². The van der Waals surface area contributed by atoms with E-state index in [1.54, 1.807) is 6.21 Å². The van der Waals surface area contributed by atoms with E-state index in [0.29, 0.717) is 0 Å². The monoisotopic (exact) mass is 469 g/mol. The molecule has 1 saturated carbocycles. The van der Waals surface area contributed by atoms with Crippen molar-refractivity contribution >= 4 is 23.0 Å². The summed E-state index contributed by atoms with van der Waals surface area (Å²) >= 11 is 0. The van der Waals surface area contributed by atoms with Gasteiger partial charge in [0.25, 0.3) is 0 Å². The number of fused-ring (bicyclic) bond motifs is 1. The molecule has 4 heteroatoms. The number of rotatable bonds is 7. The Hall–Kier alpha value is -4.44. The molecule has 1 aliphatic rings. The Kier molecular flexibility index (Phi) is 5.70. The van der Waals surface area contributed by atoms with Crippen molar-refractivity contribution in [2.24, 2.45) is 11.0 Å². The minimum Gasteiger partial charge on any atom is -0.342 e. The third-order valence-electron chi connectivity index (χ3n) is 7.25. The lowest BCUT2D eigenvalue weighted by Gasteiger charge is -2.18. The fourth-order valence-electron chi connectivity index (χ4n) is 5.39. The summed E-state index contributed by atoms with van der Waals surface area (Å²) in [7, 11) is 0. The number of aromatic nitrogens is 1. The number of carbonyl (C=O) groups is 1. The smallest absolute Gasteiger partial charge is 0.244 e. The maximum atomic E-state index is 13.2. The molecular formula is C32H27N3O. The zero-order valence-corrected chi connectivity index (χ0v) is 19.9. The van der Waals surface area contributed by atoms with E-state index in [0.717, 1.165) is 29.4 Å². The fraction of sp³-hybridized carbons (Fsp3) is 0.125. The molecule has 1 aromatic heterocycles. The lowest BCUT2D eigenvalue weighted by atomic mass is 9.85. The van der Waals surface area contributed by atoms with Gasteiger partial charge in [-0.25, -0.2) is 5.43 Å². The number of benzene rings is 4. The highest BCUT2D eigenvalue weighted by atomic mass is 16.2. The van der Waals surface area contributed by atoms with Crippen LogP contribution in [0, 0.1) is 5.92 Å². The Balaban J connectivity index is 1.23. The summed E-state index contributed by atoms with van der Waals surface area (Å²) in [6.07, 6.45) is 4.64. The third kappa shape index (κ3) is 4.01. The summed E-state index contributed by atoms with van der Waals surface area (Å²) < 4.78 is 2.23. The molecule has 1 heterocycles. The molecule has 0 unspecified atom stereocenters. The van der Waals surface area contributed by atoms with Gasteiger partial charge in [-0.15, -0.1) is 0 Å². The van der Waals surface area contributed by atoms with Crippen molar-refractivity contribution in [3.8, 4) is 0 Å². The molecule has 36 heavy (non-hydrogen) atoms. The third-order valence-corrected chi connectivity index (χ3v) is 7.25. The average Bonchev–Trinajstić information content (AvgIpc) is 3.62. The van der Waals surface area contributed by atoms with Gasteiger partial charge in [-0.3, -0.25) is 4.79 Å². The first kappa shape index (κ1) is 22.1. The average molecular weight is 470 g/mol. The Morgan fingerprint density at radius 2 is 1.42 bits per heavy atom. The molecule has 5 aromatic rings. The van der Waals surface area contributed by atoms with E-state index in [1.807, 2.05) is 54.6 Å². The van der Waals surface area contributed by atoms with Crippen LogP contribution in [-0.4, -0.2) is 16.7 Å². The highest BCUT2D eigenvalue weighted by Gasteiger charge is 2.60. The summed E-state index contributed by atoms with van der Waals surface area (Å²) in [5, 5.41) is 5.50. The van der Waals surface area contributed by atoms with Gasteiger partial charge < -0.3 is 4.57 Å². The van der Waals surface area contributed by atoms with Crippen LogP contribution in [0.15, 0.2) is 127 Å². The number of hydrogen-bond acceptors (Lipinski definition) is 2. The van der Waals surface area contributed by atoms with Gasteiger partial charge in [-0.05, 0) is 29.2 Å². The van der Waals surface area contributed by atoms with Crippen molar-refractivity contribution in [1.29, 1.82) is 0 Å². The minimum absolute atomic E-state index is 0.0491. The van der Waals surface area contributed by atoms with Crippen LogP contribution >= 0.6 is 0 Å². The van der Waals surface area contributed by atoms with Crippen molar-refractivity contribution < 1.29 is 4.79 Å². The number of hydrazone groups is 1. The zero-order valence-electron chi connectivity index (χ0n) is 19.9. The maximum Gasteiger partial charge on any atom is 0.244 e. The highest BCUT2D eigenvalue weighted by Crippen LogP contribution is 2.58. The lowest BCUT2D eigenvalue weighted by molar-refractivity contribution is -0.122. The van der Waals surface area contributed by atoms with Crippen LogP contribution in [0.25, 0.3) is 10.9 Å². The molecule has 1 amide bonds. The van der Waals surface area contributed by atoms with E-state index in [1.165, 1.54) is 16.7 Å². The van der Waals surface area contributed by atoms with Crippen molar-refractivity contribution in [3.05, 3.63) is 144 Å². The summed E-state index contributed by atoms with van der Waals surface area (Å²) in [5.74, 6) is -0.203. The number of hydrogen-bond donors (Lipinski definition) is 1. The van der Waals surface area contributed by atoms with E-state index in [9.17, 15) is 4.79 Å². The normalized spacial score (nSPS) is 16.3. The van der Waals surface area contributed by atoms with E-state index >= 15 is 0 Å². The van der Waals surface area contributed by atoms with Crippen LogP contribution in [0.4, 0.5) is 0 Å². The van der Waals surface area contributed by atoms with Crippen molar-refractivity contribution in [2.45, 2.75) is 18.4 Å². The molecular weight excluding hydrogens is 442 g/mol. The van der Waals surface area contributed by atoms with Gasteiger partial charge in [0.1, 0.15) is 0 Å². The topological polar surface area (TPSA) is 46.4 Å². The van der Waals surface area contributed by atoms with Gasteiger partial charge in [0.15, 0.2) is 0 Å². The molecule has 0 bridgehead atoms. The summed E-state index contributed by atoms with van der Waals surface area (Å²) in [6, 6.07) is 39.3. The van der Waals surface area contributed by atoms with Crippen LogP contribution in [0.2, 0.25) is 0 Å². The van der Waals surface area contributed by atoms with Crippen LogP contribution in [-0.2, 0) is 16.8 Å². The lowest BCUT2D eigenvalue weighted by Crippen LogP contribution is -2.25. The van der Waals surface area contributed by atoms with E-state index in [2.05, 4.69) is 82.0 Å². The van der Waals surface area contributed by atoms with Crippen molar-refractivity contribution in [1.82, 2.24) is 9.99 Å². The summed E-state index contributed by atoms with van der Waals surface area (Å²) in [5.41, 5.74) is 8.24.